The summed E-state index contributed by atoms with van der Waals surface area (Å²) in [5.41, 5.74) is 1.41. The summed E-state index contributed by atoms with van der Waals surface area (Å²) in [6.07, 6.45) is 2.38. The Hall–Kier alpha value is -0.740. The van der Waals surface area contributed by atoms with E-state index in [9.17, 15) is 0 Å². The Morgan fingerprint density at radius 2 is 1.85 bits per heavy atom. The van der Waals surface area contributed by atoms with Crippen LogP contribution < -0.4 is 14.8 Å². The molecule has 0 amide bonds. The number of hydrogen-bond acceptors (Lipinski definition) is 3. The molecule has 0 radical (unpaired) electrons. The molecule has 4 heteroatoms. The average molecular weight is 340 g/mol. The fraction of sp³-hybridized carbons (Fsp3) is 0.625. The number of piperidine rings is 1. The topological polar surface area (TPSA) is 30.5 Å². The van der Waals surface area contributed by atoms with E-state index in [2.05, 4.69) is 47.2 Å². The van der Waals surface area contributed by atoms with Crippen molar-refractivity contribution in [1.82, 2.24) is 5.32 Å². The Kier molecular flexibility index (Phi) is 3.95. The van der Waals surface area contributed by atoms with Gasteiger partial charge in [0, 0.05) is 5.41 Å². The first-order valence-corrected chi connectivity index (χ1v) is 8.14. The maximum atomic E-state index is 6.01. The predicted octanol–water partition coefficient (Wildman–Crippen LogP) is 3.71. The molecular formula is C16H22BrNO2. The lowest BCUT2D eigenvalue weighted by Crippen LogP contribution is -2.26. The summed E-state index contributed by atoms with van der Waals surface area (Å²) < 4.78 is 13.0. The van der Waals surface area contributed by atoms with Crippen molar-refractivity contribution in [3.05, 3.63) is 22.2 Å². The quantitative estimate of drug-likeness (QED) is 0.845. The second-order valence-corrected chi connectivity index (χ2v) is 7.45. The Bertz CT molecular complexity index is 495. The minimum Gasteiger partial charge on any atom is -0.489 e. The van der Waals surface area contributed by atoms with Gasteiger partial charge >= 0.3 is 0 Å². The maximum absolute atomic E-state index is 6.01. The molecule has 3 rings (SSSR count). The van der Waals surface area contributed by atoms with Crippen molar-refractivity contribution in [1.29, 1.82) is 0 Å². The average Bonchev–Trinajstić information content (AvgIpc) is 2.59. The van der Waals surface area contributed by atoms with Crippen LogP contribution in [0.4, 0.5) is 0 Å². The third-order valence-electron chi connectivity index (χ3n) is 4.07. The number of rotatable bonds is 1. The number of halogens is 1. The third-order valence-corrected chi connectivity index (χ3v) is 4.66. The Morgan fingerprint density at radius 1 is 1.15 bits per heavy atom. The highest BCUT2D eigenvalue weighted by Gasteiger charge is 2.27. The molecule has 1 fully saturated rings. The number of nitrogens with one attached hydrogen (secondary N) is 1. The molecule has 1 N–H and O–H groups in total. The second kappa shape index (κ2) is 5.57. The van der Waals surface area contributed by atoms with Crippen LogP contribution in [0.2, 0.25) is 0 Å². The van der Waals surface area contributed by atoms with Gasteiger partial charge in [0.05, 0.1) is 17.7 Å². The molecule has 0 atom stereocenters. The summed E-state index contributed by atoms with van der Waals surface area (Å²) in [6, 6.07) is 4.38. The fourth-order valence-corrected chi connectivity index (χ4v) is 3.38. The molecule has 3 nitrogen and oxygen atoms in total. The highest BCUT2D eigenvalue weighted by molar-refractivity contribution is 9.10. The number of benzene rings is 1. The second-order valence-electron chi connectivity index (χ2n) is 6.60. The molecule has 0 saturated carbocycles. The first kappa shape index (κ1) is 14.2. The van der Waals surface area contributed by atoms with Crippen LogP contribution in [0, 0.1) is 5.41 Å². The highest BCUT2D eigenvalue weighted by atomic mass is 79.9. The van der Waals surface area contributed by atoms with Gasteiger partial charge in [-0.25, -0.2) is 0 Å². The van der Waals surface area contributed by atoms with Crippen LogP contribution in [0.3, 0.4) is 0 Å². The van der Waals surface area contributed by atoms with Crippen LogP contribution in [-0.4, -0.2) is 26.3 Å². The number of hydrogen-bond donors (Lipinski definition) is 1. The van der Waals surface area contributed by atoms with Gasteiger partial charge in [0.2, 0.25) is 0 Å². The Morgan fingerprint density at radius 3 is 2.60 bits per heavy atom. The zero-order chi connectivity index (χ0) is 14.2. The van der Waals surface area contributed by atoms with Gasteiger partial charge in [-0.3, -0.25) is 0 Å². The van der Waals surface area contributed by atoms with Crippen molar-refractivity contribution in [3.8, 4) is 11.5 Å². The number of ether oxygens (including phenoxy) is 2. The van der Waals surface area contributed by atoms with Crippen molar-refractivity contribution < 1.29 is 9.47 Å². The van der Waals surface area contributed by atoms with Gasteiger partial charge in [-0.05, 0) is 65.5 Å². The Balaban J connectivity index is 1.90. The van der Waals surface area contributed by atoms with Gasteiger partial charge < -0.3 is 14.8 Å². The van der Waals surface area contributed by atoms with Gasteiger partial charge in [-0.15, -0.1) is 0 Å². The fourth-order valence-electron chi connectivity index (χ4n) is 2.81. The van der Waals surface area contributed by atoms with Gasteiger partial charge in [0.25, 0.3) is 0 Å². The SMILES string of the molecule is CC1(C)COc2cc(C3CCNCC3)cc(Br)c2OC1. The van der Waals surface area contributed by atoms with Gasteiger partial charge in [0.15, 0.2) is 11.5 Å². The van der Waals surface area contributed by atoms with Crippen LogP contribution in [-0.2, 0) is 0 Å². The monoisotopic (exact) mass is 339 g/mol. The first-order chi connectivity index (χ1) is 9.55. The van der Waals surface area contributed by atoms with Crippen molar-refractivity contribution >= 4 is 15.9 Å². The molecule has 2 aliphatic heterocycles. The molecule has 0 aliphatic carbocycles. The molecule has 0 spiro atoms. The minimum absolute atomic E-state index is 0.0490. The largest absolute Gasteiger partial charge is 0.489 e. The molecule has 0 bridgehead atoms. The first-order valence-electron chi connectivity index (χ1n) is 7.35. The van der Waals surface area contributed by atoms with Crippen LogP contribution in [0.25, 0.3) is 0 Å². The zero-order valence-corrected chi connectivity index (χ0v) is 13.8. The lowest BCUT2D eigenvalue weighted by atomic mass is 9.90. The van der Waals surface area contributed by atoms with Crippen molar-refractivity contribution in [3.63, 3.8) is 0 Å². The molecule has 20 heavy (non-hydrogen) atoms. The van der Waals surface area contributed by atoms with E-state index >= 15 is 0 Å². The lowest BCUT2D eigenvalue weighted by molar-refractivity contribution is 0.140. The highest BCUT2D eigenvalue weighted by Crippen LogP contribution is 2.42. The molecule has 1 aromatic carbocycles. The molecule has 2 heterocycles. The van der Waals surface area contributed by atoms with E-state index in [1.165, 1.54) is 18.4 Å². The van der Waals surface area contributed by atoms with Gasteiger partial charge in [-0.2, -0.15) is 0 Å². The van der Waals surface area contributed by atoms with Gasteiger partial charge in [-0.1, -0.05) is 13.8 Å². The molecule has 0 unspecified atom stereocenters. The molecule has 110 valence electrons. The van der Waals surface area contributed by atoms with Crippen molar-refractivity contribution in [2.24, 2.45) is 5.41 Å². The van der Waals surface area contributed by atoms with Crippen LogP contribution in [0.5, 0.6) is 11.5 Å². The minimum atomic E-state index is 0.0490. The van der Waals surface area contributed by atoms with E-state index < -0.39 is 0 Å². The van der Waals surface area contributed by atoms with Crippen LogP contribution in [0.15, 0.2) is 16.6 Å². The molecule has 1 aromatic rings. The van der Waals surface area contributed by atoms with E-state index in [1.807, 2.05) is 0 Å². The van der Waals surface area contributed by atoms with Crippen molar-refractivity contribution in [2.75, 3.05) is 26.3 Å². The summed E-state index contributed by atoms with van der Waals surface area (Å²) in [4.78, 5) is 0. The summed E-state index contributed by atoms with van der Waals surface area (Å²) >= 11 is 3.65. The van der Waals surface area contributed by atoms with E-state index in [0.29, 0.717) is 19.1 Å². The molecule has 0 aromatic heterocycles. The smallest absolute Gasteiger partial charge is 0.175 e. The number of fused-ring (bicyclic) bond motifs is 1. The van der Waals surface area contributed by atoms with Gasteiger partial charge in [0.1, 0.15) is 0 Å². The molecule has 1 saturated heterocycles. The predicted molar refractivity (Wildman–Crippen MR) is 83.8 cm³/mol. The lowest BCUT2D eigenvalue weighted by Gasteiger charge is -2.24. The summed E-state index contributed by atoms with van der Waals surface area (Å²) in [5, 5.41) is 3.41. The Labute approximate surface area is 129 Å². The van der Waals surface area contributed by atoms with E-state index in [4.69, 9.17) is 9.47 Å². The normalized spacial score (nSPS) is 22.4. The summed E-state index contributed by atoms with van der Waals surface area (Å²) in [7, 11) is 0. The van der Waals surface area contributed by atoms with E-state index in [0.717, 1.165) is 29.1 Å². The van der Waals surface area contributed by atoms with Crippen LogP contribution in [0.1, 0.15) is 38.2 Å². The standard InChI is InChI=1S/C16H22BrNO2/c1-16(2)9-19-14-8-12(11-3-5-18-6-4-11)7-13(17)15(14)20-10-16/h7-8,11,18H,3-6,9-10H2,1-2H3. The summed E-state index contributed by atoms with van der Waals surface area (Å²) in [5.74, 6) is 2.37. The molecule has 2 aliphatic rings. The molecular weight excluding hydrogens is 318 g/mol. The summed E-state index contributed by atoms with van der Waals surface area (Å²) in [6.45, 7) is 7.92. The van der Waals surface area contributed by atoms with Crippen LogP contribution >= 0.6 is 15.9 Å². The van der Waals surface area contributed by atoms with Crippen molar-refractivity contribution in [2.45, 2.75) is 32.6 Å². The maximum Gasteiger partial charge on any atom is 0.175 e. The third kappa shape index (κ3) is 2.96. The van der Waals surface area contributed by atoms with E-state index in [-0.39, 0.29) is 5.41 Å². The zero-order valence-electron chi connectivity index (χ0n) is 12.2. The van der Waals surface area contributed by atoms with E-state index in [1.54, 1.807) is 0 Å².